The summed E-state index contributed by atoms with van der Waals surface area (Å²) in [5.74, 6) is 1.83. The lowest BCUT2D eigenvalue weighted by atomic mass is 10.1. The van der Waals surface area contributed by atoms with Gasteiger partial charge in [-0.3, -0.25) is 0 Å². The molecule has 3 heteroatoms. The van der Waals surface area contributed by atoms with Gasteiger partial charge in [0.2, 0.25) is 0 Å². The van der Waals surface area contributed by atoms with Crippen LogP contribution in [0.5, 0.6) is 5.75 Å². The molecule has 0 spiro atoms. The summed E-state index contributed by atoms with van der Waals surface area (Å²) in [6, 6.07) is 10.2. The summed E-state index contributed by atoms with van der Waals surface area (Å²) in [7, 11) is 1.68. The molecule has 2 nitrogen and oxygen atoms in total. The van der Waals surface area contributed by atoms with Crippen LogP contribution in [-0.2, 0) is 6.42 Å². The number of furan rings is 1. The van der Waals surface area contributed by atoms with Crippen LogP contribution in [0.3, 0.4) is 0 Å². The maximum atomic E-state index is 5.31. The molecule has 90 valence electrons. The highest BCUT2D eigenvalue weighted by Crippen LogP contribution is 2.29. The number of hydrogen-bond donors (Lipinski definition) is 0. The van der Waals surface area contributed by atoms with Gasteiger partial charge in [-0.2, -0.15) is 0 Å². The van der Waals surface area contributed by atoms with E-state index in [-0.39, 0.29) is 4.83 Å². The lowest BCUT2D eigenvalue weighted by Gasteiger charge is -2.08. The third kappa shape index (κ3) is 3.13. The molecule has 0 radical (unpaired) electrons. The quantitative estimate of drug-likeness (QED) is 0.786. The van der Waals surface area contributed by atoms with Gasteiger partial charge in [0.25, 0.3) is 0 Å². The largest absolute Gasteiger partial charge is 0.497 e. The lowest BCUT2D eigenvalue weighted by Crippen LogP contribution is -1.94. The molecule has 0 amide bonds. The Labute approximate surface area is 110 Å². The van der Waals surface area contributed by atoms with E-state index in [0.717, 1.165) is 17.9 Å². The van der Waals surface area contributed by atoms with Crippen molar-refractivity contribution in [2.45, 2.75) is 18.2 Å². The highest BCUT2D eigenvalue weighted by atomic mass is 79.9. The van der Waals surface area contributed by atoms with Crippen molar-refractivity contribution in [3.8, 4) is 5.75 Å². The van der Waals surface area contributed by atoms with E-state index in [1.807, 2.05) is 19.1 Å². The Morgan fingerprint density at radius 2 is 2.18 bits per heavy atom. The molecule has 2 aromatic rings. The monoisotopic (exact) mass is 294 g/mol. The number of alkyl halides is 1. The van der Waals surface area contributed by atoms with E-state index in [4.69, 9.17) is 9.15 Å². The van der Waals surface area contributed by atoms with Crippen LogP contribution in [0.4, 0.5) is 0 Å². The fraction of sp³-hybridized carbons (Fsp3) is 0.286. The molecular weight excluding hydrogens is 280 g/mol. The Morgan fingerprint density at radius 1 is 1.35 bits per heavy atom. The molecule has 0 aliphatic rings. The minimum atomic E-state index is 0.270. The average Bonchev–Trinajstić information content (AvgIpc) is 2.76. The predicted molar refractivity (Wildman–Crippen MR) is 71.8 cm³/mol. The van der Waals surface area contributed by atoms with E-state index in [9.17, 15) is 0 Å². The van der Waals surface area contributed by atoms with Gasteiger partial charge in [0.15, 0.2) is 0 Å². The number of ether oxygens (including phenoxy) is 1. The average molecular weight is 295 g/mol. The summed E-state index contributed by atoms with van der Waals surface area (Å²) in [4.78, 5) is 0.270. The molecule has 0 saturated carbocycles. The Hall–Kier alpha value is -1.22. The van der Waals surface area contributed by atoms with E-state index in [1.165, 1.54) is 11.1 Å². The Morgan fingerprint density at radius 3 is 2.82 bits per heavy atom. The maximum Gasteiger partial charge on any atom is 0.119 e. The molecule has 0 aliphatic carbocycles. The first-order valence-electron chi connectivity index (χ1n) is 5.51. The molecule has 1 aromatic heterocycles. The number of halogens is 1. The van der Waals surface area contributed by atoms with Gasteiger partial charge in [0, 0.05) is 10.4 Å². The van der Waals surface area contributed by atoms with Gasteiger partial charge in [-0.15, -0.1) is 0 Å². The number of rotatable bonds is 4. The van der Waals surface area contributed by atoms with E-state index in [1.54, 1.807) is 13.4 Å². The normalized spacial score (nSPS) is 12.4. The Balaban J connectivity index is 2.09. The van der Waals surface area contributed by atoms with Crippen molar-refractivity contribution in [1.29, 1.82) is 0 Å². The molecule has 0 fully saturated rings. The highest BCUT2D eigenvalue weighted by Gasteiger charge is 2.11. The van der Waals surface area contributed by atoms with Crippen molar-refractivity contribution >= 4 is 15.9 Å². The van der Waals surface area contributed by atoms with Gasteiger partial charge >= 0.3 is 0 Å². The van der Waals surface area contributed by atoms with E-state index in [2.05, 4.69) is 34.1 Å². The van der Waals surface area contributed by atoms with Crippen LogP contribution in [-0.4, -0.2) is 7.11 Å². The summed E-state index contributed by atoms with van der Waals surface area (Å²) >= 11 is 3.68. The Kier molecular flexibility index (Phi) is 3.89. The Bertz CT molecular complexity index is 490. The number of hydrogen-bond acceptors (Lipinski definition) is 2. The van der Waals surface area contributed by atoms with Crippen molar-refractivity contribution in [1.82, 2.24) is 0 Å². The molecule has 17 heavy (non-hydrogen) atoms. The van der Waals surface area contributed by atoms with Crippen molar-refractivity contribution < 1.29 is 9.15 Å². The second-order valence-corrected chi connectivity index (χ2v) is 5.12. The van der Waals surface area contributed by atoms with Gasteiger partial charge in [0.05, 0.1) is 13.4 Å². The summed E-state index contributed by atoms with van der Waals surface area (Å²) < 4.78 is 10.5. The molecule has 0 N–H and O–H groups in total. The predicted octanol–water partition coefficient (Wildman–Crippen LogP) is 4.28. The summed E-state index contributed by atoms with van der Waals surface area (Å²) in [5, 5.41) is 0. The highest BCUT2D eigenvalue weighted by molar-refractivity contribution is 9.09. The molecule has 2 rings (SSSR count). The summed E-state index contributed by atoms with van der Waals surface area (Å²) in [5.41, 5.74) is 2.41. The lowest BCUT2D eigenvalue weighted by molar-refractivity contribution is 0.414. The molecule has 1 unspecified atom stereocenters. The zero-order valence-corrected chi connectivity index (χ0v) is 11.5. The van der Waals surface area contributed by atoms with Crippen molar-refractivity contribution in [2.24, 2.45) is 0 Å². The molecule has 1 aromatic carbocycles. The molecule has 0 bridgehead atoms. The van der Waals surface area contributed by atoms with Gasteiger partial charge < -0.3 is 9.15 Å². The second-order valence-electron chi connectivity index (χ2n) is 4.01. The van der Waals surface area contributed by atoms with Crippen LogP contribution >= 0.6 is 15.9 Å². The van der Waals surface area contributed by atoms with Crippen molar-refractivity contribution in [2.75, 3.05) is 7.11 Å². The van der Waals surface area contributed by atoms with E-state index in [0.29, 0.717) is 0 Å². The fourth-order valence-electron chi connectivity index (χ4n) is 1.75. The molecule has 0 aliphatic heterocycles. The minimum absolute atomic E-state index is 0.270. The zero-order chi connectivity index (χ0) is 12.3. The summed E-state index contributed by atoms with van der Waals surface area (Å²) in [6.07, 6.45) is 2.71. The third-order valence-corrected chi connectivity index (χ3v) is 3.51. The maximum absolute atomic E-state index is 5.31. The van der Waals surface area contributed by atoms with Crippen LogP contribution in [0.15, 0.2) is 41.0 Å². The molecule has 1 atom stereocenters. The number of aryl methyl sites for hydroxylation is 1. The second kappa shape index (κ2) is 5.41. The van der Waals surface area contributed by atoms with Gasteiger partial charge in [-0.1, -0.05) is 28.1 Å². The number of benzene rings is 1. The van der Waals surface area contributed by atoms with Gasteiger partial charge in [0.1, 0.15) is 11.5 Å². The summed E-state index contributed by atoms with van der Waals surface area (Å²) in [6.45, 7) is 1.95. The first kappa shape index (κ1) is 12.2. The van der Waals surface area contributed by atoms with Crippen LogP contribution in [0.1, 0.15) is 21.7 Å². The van der Waals surface area contributed by atoms with Crippen LogP contribution in [0, 0.1) is 6.92 Å². The van der Waals surface area contributed by atoms with E-state index >= 15 is 0 Å². The first-order valence-corrected chi connectivity index (χ1v) is 6.42. The van der Waals surface area contributed by atoms with Crippen LogP contribution in [0.25, 0.3) is 0 Å². The standard InChI is InChI=1S/C14H15BrO2/c1-10-6-12(9-17-10)14(15)8-11-4-3-5-13(7-11)16-2/h3-7,9,14H,8H2,1-2H3. The van der Waals surface area contributed by atoms with E-state index < -0.39 is 0 Å². The zero-order valence-electron chi connectivity index (χ0n) is 9.94. The smallest absolute Gasteiger partial charge is 0.119 e. The van der Waals surface area contributed by atoms with Gasteiger partial charge in [-0.25, -0.2) is 0 Å². The van der Waals surface area contributed by atoms with Crippen molar-refractivity contribution in [3.05, 3.63) is 53.5 Å². The SMILES string of the molecule is COc1cccc(CC(Br)c2coc(C)c2)c1. The fourth-order valence-corrected chi connectivity index (χ4v) is 2.37. The molecule has 0 saturated heterocycles. The first-order chi connectivity index (χ1) is 8.19. The molecule has 1 heterocycles. The number of methoxy groups -OCH3 is 1. The van der Waals surface area contributed by atoms with Gasteiger partial charge in [-0.05, 0) is 37.1 Å². The van der Waals surface area contributed by atoms with Crippen LogP contribution in [0.2, 0.25) is 0 Å². The third-order valence-electron chi connectivity index (χ3n) is 2.66. The van der Waals surface area contributed by atoms with Crippen LogP contribution < -0.4 is 4.74 Å². The minimum Gasteiger partial charge on any atom is -0.497 e. The molecular formula is C14H15BrO2. The van der Waals surface area contributed by atoms with Crippen molar-refractivity contribution in [3.63, 3.8) is 0 Å². The topological polar surface area (TPSA) is 22.4 Å².